The smallest absolute Gasteiger partial charge is 0.277 e. The van der Waals surface area contributed by atoms with E-state index in [1.807, 2.05) is 0 Å². The summed E-state index contributed by atoms with van der Waals surface area (Å²) in [5, 5.41) is 9.12. The van der Waals surface area contributed by atoms with E-state index in [0.717, 1.165) is 12.1 Å². The van der Waals surface area contributed by atoms with E-state index in [4.69, 9.17) is 5.11 Å². The quantitative estimate of drug-likeness (QED) is 0.850. The summed E-state index contributed by atoms with van der Waals surface area (Å²) in [6, 6.07) is 7.68. The lowest BCUT2D eigenvalue weighted by Gasteiger charge is -2.07. The van der Waals surface area contributed by atoms with Gasteiger partial charge in [-0.3, -0.25) is 9.69 Å². The second-order valence-electron chi connectivity index (χ2n) is 5.59. The predicted molar refractivity (Wildman–Crippen MR) is 91.6 cm³/mol. The summed E-state index contributed by atoms with van der Waals surface area (Å²) in [6.07, 6.45) is 4.34. The minimum absolute atomic E-state index is 0.0177. The zero-order valence-corrected chi connectivity index (χ0v) is 13.6. The molecule has 1 amide bonds. The molecule has 26 heavy (non-hydrogen) atoms. The van der Waals surface area contributed by atoms with Crippen LogP contribution in [0.5, 0.6) is 5.75 Å². The van der Waals surface area contributed by atoms with Gasteiger partial charge in [0.2, 0.25) is 0 Å². The first-order valence-corrected chi connectivity index (χ1v) is 7.55. The Kier molecular flexibility index (Phi) is 4.62. The molecule has 132 valence electrons. The van der Waals surface area contributed by atoms with Crippen molar-refractivity contribution in [2.75, 3.05) is 7.05 Å². The third-order valence-electron chi connectivity index (χ3n) is 3.72. The fraction of sp³-hybridized carbons (Fsp3) is 0.0526. The number of hydrogen-bond acceptors (Lipinski definition) is 3. The zero-order chi connectivity index (χ0) is 18.8. The Bertz CT molecular complexity index is 957. The maximum Gasteiger partial charge on any atom is 0.277 e. The summed E-state index contributed by atoms with van der Waals surface area (Å²) in [5.41, 5.74) is 0.623. The lowest BCUT2D eigenvalue weighted by atomic mass is 10.1. The summed E-state index contributed by atoms with van der Waals surface area (Å²) < 4.78 is 40.0. The number of carbonyl (C=O) groups excluding carboxylic acids is 1. The summed E-state index contributed by atoms with van der Waals surface area (Å²) in [6.45, 7) is 0. The van der Waals surface area contributed by atoms with E-state index < -0.39 is 23.3 Å². The van der Waals surface area contributed by atoms with E-state index in [0.29, 0.717) is 11.4 Å². The van der Waals surface area contributed by atoms with Crippen LogP contribution in [-0.4, -0.2) is 28.8 Å². The largest absolute Gasteiger partial charge is 0.503 e. The van der Waals surface area contributed by atoms with Gasteiger partial charge in [-0.15, -0.1) is 0 Å². The van der Waals surface area contributed by atoms with E-state index in [2.05, 4.69) is 4.99 Å². The van der Waals surface area contributed by atoms with Gasteiger partial charge in [-0.2, -0.15) is 0 Å². The monoisotopic (exact) mass is 358 g/mol. The van der Waals surface area contributed by atoms with Crippen molar-refractivity contribution < 1.29 is 23.1 Å². The molecule has 4 nitrogen and oxygen atoms in total. The predicted octanol–water partition coefficient (Wildman–Crippen LogP) is 3.73. The van der Waals surface area contributed by atoms with Crippen LogP contribution in [0.2, 0.25) is 0 Å². The molecule has 0 atom stereocenters. The maximum atomic E-state index is 13.4. The Morgan fingerprint density at radius 2 is 1.73 bits per heavy atom. The van der Waals surface area contributed by atoms with Gasteiger partial charge in [0.1, 0.15) is 17.3 Å². The first-order valence-electron chi connectivity index (χ1n) is 7.55. The Balaban J connectivity index is 1.91. The number of halogens is 3. The van der Waals surface area contributed by atoms with Crippen LogP contribution in [0.15, 0.2) is 53.2 Å². The molecule has 0 bridgehead atoms. The molecule has 1 heterocycles. The highest BCUT2D eigenvalue weighted by molar-refractivity contribution is 6.18. The molecule has 0 saturated carbocycles. The third kappa shape index (κ3) is 3.51. The summed E-state index contributed by atoms with van der Waals surface area (Å²) in [7, 11) is 1.50. The van der Waals surface area contributed by atoms with Crippen molar-refractivity contribution in [3.63, 3.8) is 0 Å². The maximum absolute atomic E-state index is 13.4. The molecular weight excluding hydrogens is 345 g/mol. The molecule has 3 rings (SSSR count). The van der Waals surface area contributed by atoms with Crippen molar-refractivity contribution in [1.82, 2.24) is 4.90 Å². The molecular formula is C19H13F3N2O2. The van der Waals surface area contributed by atoms with Gasteiger partial charge < -0.3 is 5.11 Å². The third-order valence-corrected chi connectivity index (χ3v) is 3.72. The Hall–Kier alpha value is -3.35. The first-order chi connectivity index (χ1) is 12.3. The fourth-order valence-corrected chi connectivity index (χ4v) is 2.37. The second kappa shape index (κ2) is 6.87. The molecule has 1 aliphatic heterocycles. The number of nitrogens with zero attached hydrogens (tertiary/aromatic N) is 2. The van der Waals surface area contributed by atoms with Gasteiger partial charge in [0, 0.05) is 7.05 Å². The van der Waals surface area contributed by atoms with Crippen LogP contribution in [0.1, 0.15) is 11.1 Å². The van der Waals surface area contributed by atoms with Gasteiger partial charge >= 0.3 is 0 Å². The van der Waals surface area contributed by atoms with Gasteiger partial charge in [0.15, 0.2) is 17.4 Å². The number of aliphatic imine (C=N–C) groups is 1. The number of phenolic OH excluding ortho intramolecular Hbond substituents is 1. The van der Waals surface area contributed by atoms with E-state index in [1.165, 1.54) is 36.2 Å². The Labute approximate surface area is 147 Å². The van der Waals surface area contributed by atoms with Gasteiger partial charge in [0.05, 0.1) is 0 Å². The molecule has 0 fully saturated rings. The number of rotatable bonds is 3. The van der Waals surface area contributed by atoms with Crippen molar-refractivity contribution in [2.45, 2.75) is 0 Å². The number of benzene rings is 2. The van der Waals surface area contributed by atoms with E-state index in [9.17, 15) is 18.0 Å². The second-order valence-corrected chi connectivity index (χ2v) is 5.59. The minimum Gasteiger partial charge on any atom is -0.503 e. The molecule has 0 radical (unpaired) electrons. The number of hydrogen-bond donors (Lipinski definition) is 1. The first kappa shape index (κ1) is 17.5. The van der Waals surface area contributed by atoms with Crippen LogP contribution in [0.25, 0.3) is 12.2 Å². The molecule has 0 aliphatic carbocycles. The average molecular weight is 358 g/mol. The van der Waals surface area contributed by atoms with Gasteiger partial charge in [0.25, 0.3) is 5.91 Å². The normalized spacial score (nSPS) is 16.0. The van der Waals surface area contributed by atoms with Crippen LogP contribution in [-0.2, 0) is 4.79 Å². The number of carbonyl (C=O) groups is 1. The van der Waals surface area contributed by atoms with Crippen LogP contribution in [0, 0.1) is 17.5 Å². The highest BCUT2D eigenvalue weighted by Crippen LogP contribution is 2.24. The van der Waals surface area contributed by atoms with Crippen LogP contribution in [0.4, 0.5) is 13.2 Å². The summed E-state index contributed by atoms with van der Waals surface area (Å²) >= 11 is 0. The van der Waals surface area contributed by atoms with E-state index in [-0.39, 0.29) is 17.1 Å². The highest BCUT2D eigenvalue weighted by atomic mass is 19.1. The van der Waals surface area contributed by atoms with Crippen molar-refractivity contribution in [2.24, 2.45) is 4.99 Å². The number of aromatic hydroxyl groups is 1. The number of amidine groups is 1. The zero-order valence-electron chi connectivity index (χ0n) is 13.6. The van der Waals surface area contributed by atoms with Crippen LogP contribution >= 0.6 is 0 Å². The molecule has 0 aromatic heterocycles. The standard InChI is InChI=1S/C19H13F3N2O2/c1-24-17(6-5-11-3-2-4-13(20)7-11)23-16(19(24)26)10-12-8-14(21)18(25)15(22)9-12/h2-10,25H,1H3/b6-5+,16-10-. The van der Waals surface area contributed by atoms with E-state index in [1.54, 1.807) is 18.2 Å². The summed E-state index contributed by atoms with van der Waals surface area (Å²) in [4.78, 5) is 17.6. The molecule has 2 aromatic carbocycles. The van der Waals surface area contributed by atoms with Crippen molar-refractivity contribution in [3.8, 4) is 5.75 Å². The van der Waals surface area contributed by atoms with Gasteiger partial charge in [-0.05, 0) is 47.5 Å². The molecule has 7 heteroatoms. The molecule has 0 spiro atoms. The van der Waals surface area contributed by atoms with Crippen molar-refractivity contribution in [1.29, 1.82) is 0 Å². The van der Waals surface area contributed by atoms with Gasteiger partial charge in [-0.1, -0.05) is 18.2 Å². The van der Waals surface area contributed by atoms with Crippen LogP contribution < -0.4 is 0 Å². The molecule has 1 aliphatic rings. The molecule has 1 N–H and O–H groups in total. The molecule has 0 unspecified atom stereocenters. The number of phenols is 1. The number of likely N-dealkylation sites (N-methyl/N-ethyl adjacent to an activating group) is 1. The van der Waals surface area contributed by atoms with Gasteiger partial charge in [-0.25, -0.2) is 18.2 Å². The van der Waals surface area contributed by atoms with E-state index >= 15 is 0 Å². The Morgan fingerprint density at radius 1 is 1.04 bits per heavy atom. The Morgan fingerprint density at radius 3 is 2.38 bits per heavy atom. The summed E-state index contributed by atoms with van der Waals surface area (Å²) in [5.74, 6) is -3.90. The van der Waals surface area contributed by atoms with Crippen molar-refractivity contribution in [3.05, 3.63) is 76.7 Å². The average Bonchev–Trinajstić information content (AvgIpc) is 2.86. The molecule has 0 saturated heterocycles. The topological polar surface area (TPSA) is 52.9 Å². The SMILES string of the molecule is CN1C(=O)/C(=C/c2cc(F)c(O)c(F)c2)N=C1/C=C/c1cccc(F)c1. The fourth-order valence-electron chi connectivity index (χ4n) is 2.37. The molecule has 2 aromatic rings. The van der Waals surface area contributed by atoms with Crippen LogP contribution in [0.3, 0.4) is 0 Å². The lowest BCUT2D eigenvalue weighted by Crippen LogP contribution is -2.26. The number of amides is 1. The minimum atomic E-state index is -1.13. The lowest BCUT2D eigenvalue weighted by molar-refractivity contribution is -0.121. The van der Waals surface area contributed by atoms with Crippen molar-refractivity contribution >= 4 is 23.9 Å². The highest BCUT2D eigenvalue weighted by Gasteiger charge is 2.25.